The molecule has 6 heteroatoms. The van der Waals surface area contributed by atoms with E-state index in [2.05, 4.69) is 10.6 Å². The highest BCUT2D eigenvalue weighted by atomic mass is 35.5. The SMILES string of the molecule is O=C1Nc2cc(C(=O)NC3CCCC3)ccc2OC1=Cc1ccccc1Cl. The van der Waals surface area contributed by atoms with Crippen LogP contribution in [0.2, 0.25) is 5.02 Å². The molecule has 1 saturated carbocycles. The number of carbonyl (C=O) groups excluding carboxylic acids is 2. The van der Waals surface area contributed by atoms with Crippen LogP contribution in [0.5, 0.6) is 5.75 Å². The third kappa shape index (κ3) is 3.83. The lowest BCUT2D eigenvalue weighted by Gasteiger charge is -2.21. The van der Waals surface area contributed by atoms with Crippen molar-refractivity contribution in [2.45, 2.75) is 31.7 Å². The van der Waals surface area contributed by atoms with Crippen LogP contribution in [-0.4, -0.2) is 17.9 Å². The van der Waals surface area contributed by atoms with Gasteiger partial charge in [-0.15, -0.1) is 0 Å². The molecule has 5 nitrogen and oxygen atoms in total. The highest BCUT2D eigenvalue weighted by molar-refractivity contribution is 6.32. The molecule has 0 bridgehead atoms. The number of anilines is 1. The minimum absolute atomic E-state index is 0.128. The Morgan fingerprint density at radius 1 is 1.19 bits per heavy atom. The van der Waals surface area contributed by atoms with Crippen LogP contribution in [0.4, 0.5) is 5.69 Å². The molecule has 1 fully saturated rings. The zero-order chi connectivity index (χ0) is 18.8. The zero-order valence-electron chi connectivity index (χ0n) is 14.6. The summed E-state index contributed by atoms with van der Waals surface area (Å²) in [7, 11) is 0. The van der Waals surface area contributed by atoms with E-state index >= 15 is 0 Å². The van der Waals surface area contributed by atoms with E-state index in [9.17, 15) is 9.59 Å². The summed E-state index contributed by atoms with van der Waals surface area (Å²) in [5, 5.41) is 6.36. The molecular formula is C21H19ClN2O3. The van der Waals surface area contributed by atoms with Crippen LogP contribution >= 0.6 is 11.6 Å². The Kier molecular flexibility index (Phi) is 4.86. The lowest BCUT2D eigenvalue weighted by Crippen LogP contribution is -2.32. The quantitative estimate of drug-likeness (QED) is 0.774. The fraction of sp³-hybridized carbons (Fsp3) is 0.238. The van der Waals surface area contributed by atoms with Crippen LogP contribution in [0.3, 0.4) is 0 Å². The number of nitrogens with one attached hydrogen (secondary N) is 2. The van der Waals surface area contributed by atoms with Gasteiger partial charge in [0.2, 0.25) is 0 Å². The minimum Gasteiger partial charge on any atom is -0.449 e. The third-order valence-electron chi connectivity index (χ3n) is 4.82. The molecule has 1 heterocycles. The van der Waals surface area contributed by atoms with E-state index in [-0.39, 0.29) is 23.6 Å². The van der Waals surface area contributed by atoms with E-state index in [1.165, 1.54) is 0 Å². The van der Waals surface area contributed by atoms with Gasteiger partial charge in [0.05, 0.1) is 5.69 Å². The molecule has 2 aliphatic rings. The van der Waals surface area contributed by atoms with Crippen molar-refractivity contribution >= 4 is 35.2 Å². The van der Waals surface area contributed by atoms with E-state index < -0.39 is 0 Å². The van der Waals surface area contributed by atoms with Crippen molar-refractivity contribution in [2.75, 3.05) is 5.32 Å². The number of halogens is 1. The second-order valence-electron chi connectivity index (χ2n) is 6.75. The smallest absolute Gasteiger partial charge is 0.291 e. The number of carbonyl (C=O) groups is 2. The van der Waals surface area contributed by atoms with Gasteiger partial charge < -0.3 is 15.4 Å². The van der Waals surface area contributed by atoms with E-state index in [1.807, 2.05) is 12.1 Å². The Labute approximate surface area is 162 Å². The standard InChI is InChI=1S/C21H19ClN2O3/c22-16-8-4-1-5-13(16)12-19-21(26)24-17-11-14(9-10-18(17)27-19)20(25)23-15-6-2-3-7-15/h1,4-5,8-12,15H,2-3,6-7H2,(H,23,25)(H,24,26). The number of amides is 2. The fourth-order valence-corrected chi connectivity index (χ4v) is 3.56. The summed E-state index contributed by atoms with van der Waals surface area (Å²) in [5.74, 6) is 0.135. The Morgan fingerprint density at radius 2 is 1.96 bits per heavy atom. The Balaban J connectivity index is 1.54. The van der Waals surface area contributed by atoms with Crippen molar-refractivity contribution in [1.29, 1.82) is 0 Å². The molecule has 1 aliphatic heterocycles. The van der Waals surface area contributed by atoms with E-state index in [0.717, 1.165) is 25.7 Å². The molecule has 1 aliphatic carbocycles. The van der Waals surface area contributed by atoms with Gasteiger partial charge in [0.25, 0.3) is 11.8 Å². The number of hydrogen-bond donors (Lipinski definition) is 2. The van der Waals surface area contributed by atoms with Crippen molar-refractivity contribution in [3.8, 4) is 5.75 Å². The number of hydrogen-bond acceptors (Lipinski definition) is 3. The predicted octanol–water partition coefficient (Wildman–Crippen LogP) is 4.38. The highest BCUT2D eigenvalue weighted by Crippen LogP contribution is 2.33. The molecule has 0 radical (unpaired) electrons. The van der Waals surface area contributed by atoms with Gasteiger partial charge in [-0.25, -0.2) is 0 Å². The zero-order valence-corrected chi connectivity index (χ0v) is 15.4. The summed E-state index contributed by atoms with van der Waals surface area (Å²) in [6, 6.07) is 12.5. The van der Waals surface area contributed by atoms with Gasteiger partial charge in [-0.1, -0.05) is 42.6 Å². The van der Waals surface area contributed by atoms with Gasteiger partial charge in [-0.2, -0.15) is 0 Å². The van der Waals surface area contributed by atoms with Crippen LogP contribution in [0.1, 0.15) is 41.6 Å². The first kappa shape index (κ1) is 17.6. The lowest BCUT2D eigenvalue weighted by molar-refractivity contribution is -0.115. The maximum absolute atomic E-state index is 12.4. The predicted molar refractivity (Wildman–Crippen MR) is 105 cm³/mol. The van der Waals surface area contributed by atoms with Crippen molar-refractivity contribution in [2.24, 2.45) is 0 Å². The molecular weight excluding hydrogens is 364 g/mol. The molecule has 27 heavy (non-hydrogen) atoms. The normalized spacial score (nSPS) is 18.0. The molecule has 0 spiro atoms. The number of rotatable bonds is 3. The molecule has 2 aromatic carbocycles. The minimum atomic E-state index is -0.379. The maximum atomic E-state index is 12.4. The number of benzene rings is 2. The molecule has 2 amide bonds. The summed E-state index contributed by atoms with van der Waals surface area (Å²) in [6.45, 7) is 0. The van der Waals surface area contributed by atoms with E-state index in [0.29, 0.717) is 27.6 Å². The van der Waals surface area contributed by atoms with E-state index in [4.69, 9.17) is 16.3 Å². The van der Waals surface area contributed by atoms with Crippen LogP contribution < -0.4 is 15.4 Å². The van der Waals surface area contributed by atoms with E-state index in [1.54, 1.807) is 36.4 Å². The Bertz CT molecular complexity index is 933. The van der Waals surface area contributed by atoms with Crippen molar-refractivity contribution in [3.05, 3.63) is 64.4 Å². The van der Waals surface area contributed by atoms with Crippen molar-refractivity contribution in [1.82, 2.24) is 5.32 Å². The first-order valence-electron chi connectivity index (χ1n) is 9.00. The number of ether oxygens (including phenoxy) is 1. The van der Waals surface area contributed by atoms with Crippen LogP contribution in [0.15, 0.2) is 48.2 Å². The monoisotopic (exact) mass is 382 g/mol. The third-order valence-corrected chi connectivity index (χ3v) is 5.16. The number of fused-ring (bicyclic) bond motifs is 1. The van der Waals surface area contributed by atoms with Gasteiger partial charge in [-0.05, 0) is 48.7 Å². The van der Waals surface area contributed by atoms with Gasteiger partial charge >= 0.3 is 0 Å². The van der Waals surface area contributed by atoms with Gasteiger partial charge in [0, 0.05) is 16.6 Å². The van der Waals surface area contributed by atoms with Crippen LogP contribution in [0.25, 0.3) is 6.08 Å². The Morgan fingerprint density at radius 3 is 2.74 bits per heavy atom. The fourth-order valence-electron chi connectivity index (χ4n) is 3.37. The molecule has 0 unspecified atom stereocenters. The average molecular weight is 383 g/mol. The van der Waals surface area contributed by atoms with Gasteiger partial charge in [0.15, 0.2) is 11.5 Å². The molecule has 138 valence electrons. The Hall–Kier alpha value is -2.79. The summed E-state index contributed by atoms with van der Waals surface area (Å²) in [5.41, 5.74) is 1.68. The van der Waals surface area contributed by atoms with Gasteiger partial charge in [0.1, 0.15) is 0 Å². The van der Waals surface area contributed by atoms with Gasteiger partial charge in [-0.3, -0.25) is 9.59 Å². The molecule has 2 N–H and O–H groups in total. The summed E-state index contributed by atoms with van der Waals surface area (Å²) < 4.78 is 5.73. The molecule has 0 atom stereocenters. The summed E-state index contributed by atoms with van der Waals surface area (Å²) in [4.78, 5) is 24.8. The largest absolute Gasteiger partial charge is 0.449 e. The van der Waals surface area contributed by atoms with Crippen molar-refractivity contribution < 1.29 is 14.3 Å². The van der Waals surface area contributed by atoms with Crippen LogP contribution in [-0.2, 0) is 4.79 Å². The second kappa shape index (κ2) is 7.45. The van der Waals surface area contributed by atoms with Crippen molar-refractivity contribution in [3.63, 3.8) is 0 Å². The molecule has 0 saturated heterocycles. The molecule has 2 aromatic rings. The second-order valence-corrected chi connectivity index (χ2v) is 7.16. The molecule has 0 aromatic heterocycles. The first-order valence-corrected chi connectivity index (χ1v) is 9.38. The summed E-state index contributed by atoms with van der Waals surface area (Å²) in [6.07, 6.45) is 5.94. The van der Waals surface area contributed by atoms with Crippen LogP contribution in [0, 0.1) is 0 Å². The topological polar surface area (TPSA) is 67.4 Å². The maximum Gasteiger partial charge on any atom is 0.291 e. The highest BCUT2D eigenvalue weighted by Gasteiger charge is 2.24. The first-order chi connectivity index (χ1) is 13.1. The average Bonchev–Trinajstić information content (AvgIpc) is 3.16. The summed E-state index contributed by atoms with van der Waals surface area (Å²) >= 11 is 6.14. The lowest BCUT2D eigenvalue weighted by atomic mass is 10.1. The molecule has 4 rings (SSSR count).